The Morgan fingerprint density at radius 1 is 1.10 bits per heavy atom. The largest absolute Gasteiger partial charge is 0.445 e. The van der Waals surface area contributed by atoms with Gasteiger partial charge < -0.3 is 15.2 Å². The van der Waals surface area contributed by atoms with Crippen molar-refractivity contribution < 1.29 is 19.4 Å². The average Bonchev–Trinajstić information content (AvgIpc) is 3.15. The van der Waals surface area contributed by atoms with Crippen molar-refractivity contribution in [1.29, 1.82) is 0 Å². The number of benzene rings is 2. The molecule has 0 aromatic heterocycles. The minimum Gasteiger partial charge on any atom is -0.445 e. The number of hydrogen-bond donors (Lipinski definition) is 2. The maximum Gasteiger partial charge on any atom is 0.410 e. The summed E-state index contributed by atoms with van der Waals surface area (Å²) in [5, 5.41) is 13.2. The summed E-state index contributed by atoms with van der Waals surface area (Å²) in [7, 11) is 0. The summed E-state index contributed by atoms with van der Waals surface area (Å²) in [6, 6.07) is 16.8. The molecule has 29 heavy (non-hydrogen) atoms. The molecule has 6 nitrogen and oxygen atoms in total. The van der Waals surface area contributed by atoms with Gasteiger partial charge in [0.1, 0.15) is 12.6 Å². The van der Waals surface area contributed by atoms with Gasteiger partial charge in [-0.1, -0.05) is 54.6 Å². The summed E-state index contributed by atoms with van der Waals surface area (Å²) >= 11 is 0. The number of fused-ring (bicyclic) bond motifs is 1. The number of nitrogens with one attached hydrogen (secondary N) is 1. The lowest BCUT2D eigenvalue weighted by Crippen LogP contribution is -2.47. The van der Waals surface area contributed by atoms with Crippen LogP contribution in [0.5, 0.6) is 0 Å². The quantitative estimate of drug-likeness (QED) is 0.836. The summed E-state index contributed by atoms with van der Waals surface area (Å²) in [6.07, 6.45) is 1.82. The van der Waals surface area contributed by atoms with Gasteiger partial charge in [-0.25, -0.2) is 4.79 Å². The van der Waals surface area contributed by atoms with Crippen LogP contribution in [0, 0.1) is 0 Å². The molecule has 1 saturated heterocycles. The number of β-amino-alcohol motifs (C(OH)–C–C–N with tert-alkyl or cyclic N) is 1. The molecule has 1 fully saturated rings. The number of aryl methyl sites for hydroxylation is 1. The lowest BCUT2D eigenvalue weighted by atomic mass is 9.87. The first-order valence-electron chi connectivity index (χ1n) is 10.2. The fraction of sp³-hybridized carbons (Fsp3) is 0.391. The maximum absolute atomic E-state index is 13.0. The van der Waals surface area contributed by atoms with Crippen LogP contribution >= 0.6 is 0 Å². The molecule has 2 aromatic carbocycles. The van der Waals surface area contributed by atoms with E-state index in [4.69, 9.17) is 4.74 Å². The zero-order valence-electron chi connectivity index (χ0n) is 16.3. The van der Waals surface area contributed by atoms with Gasteiger partial charge in [-0.05, 0) is 36.0 Å². The highest BCUT2D eigenvalue weighted by Crippen LogP contribution is 2.30. The highest BCUT2D eigenvalue weighted by Gasteiger charge is 2.40. The maximum atomic E-state index is 13.0. The number of nitrogens with zero attached hydrogens (tertiary/aromatic N) is 1. The van der Waals surface area contributed by atoms with Crippen molar-refractivity contribution in [3.63, 3.8) is 0 Å². The van der Waals surface area contributed by atoms with Gasteiger partial charge in [0.15, 0.2) is 0 Å². The van der Waals surface area contributed by atoms with Crippen LogP contribution in [0.1, 0.15) is 42.0 Å². The van der Waals surface area contributed by atoms with Crippen LogP contribution in [-0.2, 0) is 22.6 Å². The van der Waals surface area contributed by atoms with E-state index < -0.39 is 18.2 Å². The number of ether oxygens (including phenoxy) is 1. The summed E-state index contributed by atoms with van der Waals surface area (Å²) in [6.45, 7) is 0.240. The second kappa shape index (κ2) is 8.66. The molecule has 1 aliphatic carbocycles. The molecule has 6 heteroatoms. The average molecular weight is 394 g/mol. The Bertz CT molecular complexity index is 870. The number of aliphatic hydroxyl groups is 1. The first-order chi connectivity index (χ1) is 14.1. The van der Waals surface area contributed by atoms with E-state index in [9.17, 15) is 14.7 Å². The molecular formula is C23H26N2O4. The van der Waals surface area contributed by atoms with E-state index >= 15 is 0 Å². The van der Waals surface area contributed by atoms with Crippen molar-refractivity contribution >= 4 is 12.0 Å². The molecule has 1 aliphatic heterocycles. The molecule has 0 saturated carbocycles. The zero-order chi connectivity index (χ0) is 20.2. The van der Waals surface area contributed by atoms with Gasteiger partial charge in [-0.15, -0.1) is 0 Å². The van der Waals surface area contributed by atoms with Gasteiger partial charge in [-0.3, -0.25) is 9.69 Å². The lowest BCUT2D eigenvalue weighted by molar-refractivity contribution is -0.126. The monoisotopic (exact) mass is 394 g/mol. The number of rotatable bonds is 4. The van der Waals surface area contributed by atoms with Crippen molar-refractivity contribution in [2.75, 3.05) is 6.54 Å². The third-order valence-corrected chi connectivity index (χ3v) is 5.71. The Kier molecular flexibility index (Phi) is 5.81. The molecule has 4 rings (SSSR count). The van der Waals surface area contributed by atoms with E-state index in [2.05, 4.69) is 17.4 Å². The molecule has 2 aliphatic rings. The molecule has 0 spiro atoms. The number of hydrogen-bond acceptors (Lipinski definition) is 4. The van der Waals surface area contributed by atoms with Crippen LogP contribution in [0.25, 0.3) is 0 Å². The van der Waals surface area contributed by atoms with Gasteiger partial charge in [0.2, 0.25) is 5.91 Å². The molecule has 1 heterocycles. The fourth-order valence-electron chi connectivity index (χ4n) is 4.24. The Balaban J connectivity index is 1.41. The normalized spacial score (nSPS) is 23.3. The summed E-state index contributed by atoms with van der Waals surface area (Å²) in [5.74, 6) is -0.236. The Morgan fingerprint density at radius 3 is 2.69 bits per heavy atom. The van der Waals surface area contributed by atoms with Gasteiger partial charge in [0.25, 0.3) is 0 Å². The summed E-state index contributed by atoms with van der Waals surface area (Å²) in [5.41, 5.74) is 3.28. The molecule has 2 amide bonds. The van der Waals surface area contributed by atoms with E-state index in [1.807, 2.05) is 42.5 Å². The fourth-order valence-corrected chi connectivity index (χ4v) is 4.24. The molecule has 0 radical (unpaired) electrons. The molecule has 0 bridgehead atoms. The van der Waals surface area contributed by atoms with Crippen LogP contribution < -0.4 is 5.32 Å². The van der Waals surface area contributed by atoms with Crippen LogP contribution in [-0.4, -0.2) is 40.7 Å². The van der Waals surface area contributed by atoms with E-state index in [-0.39, 0.29) is 31.5 Å². The number of carbonyl (C=O) groups is 2. The molecule has 2 aromatic rings. The van der Waals surface area contributed by atoms with Gasteiger partial charge in [0, 0.05) is 6.42 Å². The van der Waals surface area contributed by atoms with Crippen LogP contribution in [0.4, 0.5) is 4.79 Å². The molecular weight excluding hydrogens is 368 g/mol. The summed E-state index contributed by atoms with van der Waals surface area (Å²) in [4.78, 5) is 26.9. The predicted molar refractivity (Wildman–Crippen MR) is 108 cm³/mol. The molecule has 2 unspecified atom stereocenters. The van der Waals surface area contributed by atoms with E-state index in [0.29, 0.717) is 0 Å². The van der Waals surface area contributed by atoms with Crippen LogP contribution in [0.3, 0.4) is 0 Å². The second-order valence-corrected chi connectivity index (χ2v) is 7.75. The minimum atomic E-state index is -0.728. The minimum absolute atomic E-state index is 0.0626. The van der Waals surface area contributed by atoms with Crippen molar-refractivity contribution in [3.8, 4) is 0 Å². The Hall–Kier alpha value is -2.86. The standard InChI is InChI=1S/C23H26N2O4/c26-18-13-21(25(14-18)23(28)29-15-16-7-2-1-3-8-16)22(27)24-20-12-6-10-17-9-4-5-11-19(17)20/h1-5,7-9,11,18,20-21,26H,6,10,12-15H2,(H,24,27)/t18?,20?,21-/m0/s1. The molecule has 3 atom stereocenters. The smallest absolute Gasteiger partial charge is 0.410 e. The second-order valence-electron chi connectivity index (χ2n) is 7.75. The molecule has 152 valence electrons. The van der Waals surface area contributed by atoms with Gasteiger partial charge in [-0.2, -0.15) is 0 Å². The molecule has 2 N–H and O–H groups in total. The first kappa shape index (κ1) is 19.5. The van der Waals surface area contributed by atoms with E-state index in [1.54, 1.807) is 0 Å². The third-order valence-electron chi connectivity index (χ3n) is 5.71. The number of carbonyl (C=O) groups excluding carboxylic acids is 2. The lowest BCUT2D eigenvalue weighted by Gasteiger charge is -2.29. The topological polar surface area (TPSA) is 78.9 Å². The van der Waals surface area contributed by atoms with Gasteiger partial charge in [0.05, 0.1) is 18.7 Å². The van der Waals surface area contributed by atoms with Crippen molar-refractivity contribution in [1.82, 2.24) is 10.2 Å². The SMILES string of the molecule is O=C(NC1CCCc2ccccc21)[C@@H]1CC(O)CN1C(=O)OCc1ccccc1. The van der Waals surface area contributed by atoms with Crippen LogP contribution in [0.15, 0.2) is 54.6 Å². The van der Waals surface area contributed by atoms with E-state index in [1.165, 1.54) is 10.5 Å². The highest BCUT2D eigenvalue weighted by atomic mass is 16.6. The number of likely N-dealkylation sites (tertiary alicyclic amines) is 1. The first-order valence-corrected chi connectivity index (χ1v) is 10.2. The number of aliphatic hydroxyl groups excluding tert-OH is 1. The van der Waals surface area contributed by atoms with Gasteiger partial charge >= 0.3 is 6.09 Å². The zero-order valence-corrected chi connectivity index (χ0v) is 16.3. The van der Waals surface area contributed by atoms with Crippen LogP contribution in [0.2, 0.25) is 0 Å². The highest BCUT2D eigenvalue weighted by molar-refractivity contribution is 5.86. The van der Waals surface area contributed by atoms with Crippen molar-refractivity contribution in [2.45, 2.75) is 50.5 Å². The summed E-state index contributed by atoms with van der Waals surface area (Å²) < 4.78 is 5.38. The van der Waals surface area contributed by atoms with Crippen molar-refractivity contribution in [3.05, 3.63) is 71.3 Å². The van der Waals surface area contributed by atoms with E-state index in [0.717, 1.165) is 30.4 Å². The number of amides is 2. The Morgan fingerprint density at radius 2 is 1.86 bits per heavy atom. The predicted octanol–water partition coefficient (Wildman–Crippen LogP) is 2.95. The van der Waals surface area contributed by atoms with Crippen molar-refractivity contribution in [2.24, 2.45) is 0 Å². The Labute approximate surface area is 170 Å². The third kappa shape index (κ3) is 4.43.